The zero-order valence-electron chi connectivity index (χ0n) is 18.2. The minimum Gasteiger partial charge on any atom is -0.497 e. The fourth-order valence-corrected chi connectivity index (χ4v) is 4.39. The van der Waals surface area contributed by atoms with Crippen LogP contribution in [0.4, 0.5) is 16.6 Å². The summed E-state index contributed by atoms with van der Waals surface area (Å²) in [7, 11) is 1.69. The number of carbonyl (C=O) groups excluding carboxylic acids is 1. The van der Waals surface area contributed by atoms with Gasteiger partial charge in [-0.05, 0) is 24.3 Å². The Morgan fingerprint density at radius 1 is 1.12 bits per heavy atom. The predicted molar refractivity (Wildman–Crippen MR) is 127 cm³/mol. The van der Waals surface area contributed by atoms with E-state index in [9.17, 15) is 4.79 Å². The SMILES string of the molecule is COc1cccc(N2CCN(c3ccc4nnc(CCC(=O)Nc5nccs5)n4n3)CC2)c1. The number of fused-ring (bicyclic) bond motifs is 1. The van der Waals surface area contributed by atoms with Gasteiger partial charge in [0.1, 0.15) is 11.6 Å². The van der Waals surface area contributed by atoms with E-state index in [-0.39, 0.29) is 12.3 Å². The largest absolute Gasteiger partial charge is 0.497 e. The number of anilines is 3. The second kappa shape index (κ2) is 9.41. The molecule has 5 rings (SSSR count). The van der Waals surface area contributed by atoms with Gasteiger partial charge in [0.15, 0.2) is 16.6 Å². The van der Waals surface area contributed by atoms with Gasteiger partial charge in [0, 0.05) is 62.4 Å². The summed E-state index contributed by atoms with van der Waals surface area (Å²) in [5.74, 6) is 2.30. The van der Waals surface area contributed by atoms with Gasteiger partial charge in [-0.2, -0.15) is 4.52 Å². The molecule has 33 heavy (non-hydrogen) atoms. The van der Waals surface area contributed by atoms with E-state index in [1.165, 1.54) is 11.3 Å². The van der Waals surface area contributed by atoms with Crippen molar-refractivity contribution >= 4 is 39.5 Å². The van der Waals surface area contributed by atoms with Crippen molar-refractivity contribution in [2.75, 3.05) is 48.4 Å². The van der Waals surface area contributed by atoms with Gasteiger partial charge in [-0.15, -0.1) is 26.6 Å². The van der Waals surface area contributed by atoms with Crippen molar-refractivity contribution in [1.82, 2.24) is 24.8 Å². The highest BCUT2D eigenvalue weighted by molar-refractivity contribution is 7.13. The number of carbonyl (C=O) groups is 1. The molecule has 1 fully saturated rings. The maximum Gasteiger partial charge on any atom is 0.226 e. The van der Waals surface area contributed by atoms with E-state index >= 15 is 0 Å². The highest BCUT2D eigenvalue weighted by Gasteiger charge is 2.20. The summed E-state index contributed by atoms with van der Waals surface area (Å²) < 4.78 is 7.09. The van der Waals surface area contributed by atoms with Crippen molar-refractivity contribution < 1.29 is 9.53 Å². The molecule has 1 aliphatic rings. The van der Waals surface area contributed by atoms with Crippen molar-refractivity contribution in [2.24, 2.45) is 0 Å². The van der Waals surface area contributed by atoms with Crippen LogP contribution >= 0.6 is 11.3 Å². The molecule has 0 saturated carbocycles. The fourth-order valence-electron chi connectivity index (χ4n) is 3.84. The van der Waals surface area contributed by atoms with Crippen LogP contribution in [0.15, 0.2) is 48.0 Å². The van der Waals surface area contributed by atoms with Gasteiger partial charge >= 0.3 is 0 Å². The number of ether oxygens (including phenoxy) is 1. The second-order valence-corrected chi connectivity index (χ2v) is 8.53. The summed E-state index contributed by atoms with van der Waals surface area (Å²) >= 11 is 1.39. The molecule has 0 radical (unpaired) electrons. The molecule has 0 spiro atoms. The first kappa shape index (κ1) is 21.1. The van der Waals surface area contributed by atoms with Gasteiger partial charge in [-0.1, -0.05) is 6.07 Å². The van der Waals surface area contributed by atoms with Crippen LogP contribution in [0.5, 0.6) is 5.75 Å². The highest BCUT2D eigenvalue weighted by Crippen LogP contribution is 2.23. The van der Waals surface area contributed by atoms with Crippen LogP contribution in [0.2, 0.25) is 0 Å². The number of hydrogen-bond acceptors (Lipinski definition) is 9. The Bertz CT molecular complexity index is 1230. The Morgan fingerprint density at radius 3 is 2.76 bits per heavy atom. The van der Waals surface area contributed by atoms with Crippen molar-refractivity contribution in [3.05, 3.63) is 53.8 Å². The minimum absolute atomic E-state index is 0.105. The number of thiazole rings is 1. The van der Waals surface area contributed by atoms with Gasteiger partial charge in [0.05, 0.1) is 7.11 Å². The van der Waals surface area contributed by atoms with E-state index in [0.29, 0.717) is 23.0 Å². The summed E-state index contributed by atoms with van der Waals surface area (Å²) in [6.45, 7) is 3.48. The van der Waals surface area contributed by atoms with Crippen LogP contribution in [-0.2, 0) is 11.2 Å². The number of rotatable bonds is 7. The molecule has 1 aromatic carbocycles. The first-order valence-electron chi connectivity index (χ1n) is 10.7. The number of piperazine rings is 1. The Kier molecular flexibility index (Phi) is 6.03. The lowest BCUT2D eigenvalue weighted by atomic mass is 10.2. The molecule has 4 heterocycles. The van der Waals surface area contributed by atoms with Gasteiger partial charge in [-0.3, -0.25) is 4.79 Å². The van der Waals surface area contributed by atoms with Crippen LogP contribution < -0.4 is 19.9 Å². The molecule has 1 aliphatic heterocycles. The lowest BCUT2D eigenvalue weighted by molar-refractivity contribution is -0.116. The maximum absolute atomic E-state index is 12.2. The lowest BCUT2D eigenvalue weighted by Gasteiger charge is -2.36. The van der Waals surface area contributed by atoms with Gasteiger partial charge < -0.3 is 19.9 Å². The van der Waals surface area contributed by atoms with Crippen LogP contribution in [0, 0.1) is 0 Å². The zero-order chi connectivity index (χ0) is 22.6. The average Bonchev–Trinajstić information content (AvgIpc) is 3.52. The van der Waals surface area contributed by atoms with E-state index in [0.717, 1.165) is 43.4 Å². The van der Waals surface area contributed by atoms with Crippen LogP contribution in [0.25, 0.3) is 5.65 Å². The molecule has 0 unspecified atom stereocenters. The lowest BCUT2D eigenvalue weighted by Crippen LogP contribution is -2.47. The number of nitrogens with one attached hydrogen (secondary N) is 1. The fraction of sp³-hybridized carbons (Fsp3) is 0.318. The molecule has 10 nitrogen and oxygen atoms in total. The Labute approximate surface area is 194 Å². The molecular weight excluding hydrogens is 440 g/mol. The molecule has 0 aliphatic carbocycles. The standard InChI is InChI=1S/C22H24N8O2S/c1-32-17-4-2-3-16(15-17)28-10-12-29(13-11-28)20-6-5-18-25-26-19(30(18)27-20)7-8-21(31)24-22-23-9-14-33-22/h2-6,9,14-15H,7-8,10-13H2,1H3,(H,23,24,31). The zero-order valence-corrected chi connectivity index (χ0v) is 19.0. The maximum atomic E-state index is 12.2. The molecule has 170 valence electrons. The third kappa shape index (κ3) is 4.72. The number of amides is 1. The molecule has 4 aromatic rings. The summed E-state index contributed by atoms with van der Waals surface area (Å²) in [5, 5.41) is 18.4. The van der Waals surface area contributed by atoms with Crippen molar-refractivity contribution in [2.45, 2.75) is 12.8 Å². The van der Waals surface area contributed by atoms with E-state index in [4.69, 9.17) is 9.84 Å². The van der Waals surface area contributed by atoms with Crippen LogP contribution in [0.3, 0.4) is 0 Å². The Hall–Kier alpha value is -3.73. The number of benzene rings is 1. The molecule has 11 heteroatoms. The molecule has 0 bridgehead atoms. The molecule has 0 atom stereocenters. The van der Waals surface area contributed by atoms with E-state index < -0.39 is 0 Å². The van der Waals surface area contributed by atoms with Crippen molar-refractivity contribution in [3.63, 3.8) is 0 Å². The number of methoxy groups -OCH3 is 1. The van der Waals surface area contributed by atoms with E-state index in [1.807, 2.05) is 29.6 Å². The first-order valence-corrected chi connectivity index (χ1v) is 11.6. The number of aryl methyl sites for hydroxylation is 1. The van der Waals surface area contributed by atoms with Crippen LogP contribution in [0.1, 0.15) is 12.2 Å². The smallest absolute Gasteiger partial charge is 0.226 e. The van der Waals surface area contributed by atoms with E-state index in [1.54, 1.807) is 17.8 Å². The molecule has 1 amide bonds. The van der Waals surface area contributed by atoms with Gasteiger partial charge in [0.2, 0.25) is 5.91 Å². The average molecular weight is 465 g/mol. The minimum atomic E-state index is -0.105. The molecule has 1 saturated heterocycles. The monoisotopic (exact) mass is 464 g/mol. The first-order chi connectivity index (χ1) is 16.2. The van der Waals surface area contributed by atoms with E-state index in [2.05, 4.69) is 42.4 Å². The number of hydrogen-bond donors (Lipinski definition) is 1. The molecular formula is C22H24N8O2S. The summed E-state index contributed by atoms with van der Waals surface area (Å²) in [6.07, 6.45) is 2.39. The highest BCUT2D eigenvalue weighted by atomic mass is 32.1. The molecule has 1 N–H and O–H groups in total. The number of aromatic nitrogens is 5. The van der Waals surface area contributed by atoms with Crippen molar-refractivity contribution in [3.8, 4) is 5.75 Å². The normalized spacial score (nSPS) is 14.0. The predicted octanol–water partition coefficient (Wildman–Crippen LogP) is 2.49. The Morgan fingerprint density at radius 2 is 1.97 bits per heavy atom. The topological polar surface area (TPSA) is 101 Å². The van der Waals surface area contributed by atoms with Crippen molar-refractivity contribution in [1.29, 1.82) is 0 Å². The summed E-state index contributed by atoms with van der Waals surface area (Å²) in [4.78, 5) is 20.9. The third-order valence-electron chi connectivity index (χ3n) is 5.59. The quantitative estimate of drug-likeness (QED) is 0.445. The van der Waals surface area contributed by atoms with Gasteiger partial charge in [0.25, 0.3) is 0 Å². The third-order valence-corrected chi connectivity index (χ3v) is 6.28. The molecule has 3 aromatic heterocycles. The summed E-state index contributed by atoms with van der Waals surface area (Å²) in [5.41, 5.74) is 1.83. The van der Waals surface area contributed by atoms with Crippen LogP contribution in [-0.4, -0.2) is 64.0 Å². The Balaban J connectivity index is 1.23. The number of nitrogens with zero attached hydrogens (tertiary/aromatic N) is 7. The summed E-state index contributed by atoms with van der Waals surface area (Å²) in [6, 6.07) is 12.0. The van der Waals surface area contributed by atoms with Gasteiger partial charge in [-0.25, -0.2) is 4.98 Å². The second-order valence-electron chi connectivity index (χ2n) is 7.64.